The van der Waals surface area contributed by atoms with Crippen LogP contribution in [0.25, 0.3) is 10.8 Å². The van der Waals surface area contributed by atoms with Gasteiger partial charge in [0.2, 0.25) is 0 Å². The summed E-state index contributed by atoms with van der Waals surface area (Å²) in [7, 11) is 1.30. The number of esters is 1. The lowest BCUT2D eigenvalue weighted by Crippen LogP contribution is -2.27. The van der Waals surface area contributed by atoms with E-state index >= 15 is 0 Å². The summed E-state index contributed by atoms with van der Waals surface area (Å²) in [5.74, 6) is -0.489. The molecule has 2 aromatic rings. The molecule has 2 rings (SSSR count). The number of nitrogens with one attached hydrogen (secondary N) is 1. The molecule has 6 heteroatoms. The van der Waals surface area contributed by atoms with Gasteiger partial charge in [-0.2, -0.15) is 0 Å². The lowest BCUT2D eigenvalue weighted by atomic mass is 10.1. The van der Waals surface area contributed by atoms with Crippen molar-refractivity contribution in [3.05, 3.63) is 30.2 Å². The minimum atomic E-state index is -0.590. The molecule has 0 saturated heterocycles. The molecule has 0 aliphatic carbocycles. The number of rotatable bonds is 3. The summed E-state index contributed by atoms with van der Waals surface area (Å²) in [6.07, 6.45) is 1.54. The van der Waals surface area contributed by atoms with Crippen molar-refractivity contribution in [1.29, 1.82) is 0 Å². The third-order valence-electron chi connectivity index (χ3n) is 2.78. The van der Waals surface area contributed by atoms with Crippen LogP contribution in [-0.4, -0.2) is 24.1 Å². The molecule has 0 fully saturated rings. The highest BCUT2D eigenvalue weighted by Gasteiger charge is 2.15. The maximum Gasteiger partial charge on any atom is 0.328 e. The number of carbonyl (C=O) groups is 1. The summed E-state index contributed by atoms with van der Waals surface area (Å²) < 4.78 is 18.0. The SMILES string of the molecule is COC(=O)C(C)Nc1nccc2c(N)cc(F)cc12. The number of methoxy groups -OCH3 is 1. The van der Waals surface area contributed by atoms with E-state index in [1.807, 2.05) is 0 Å². The van der Waals surface area contributed by atoms with E-state index in [2.05, 4.69) is 15.0 Å². The molecule has 19 heavy (non-hydrogen) atoms. The number of aromatic nitrogens is 1. The number of pyridine rings is 1. The average Bonchev–Trinajstić information content (AvgIpc) is 2.38. The summed E-state index contributed by atoms with van der Waals surface area (Å²) in [5, 5.41) is 4.08. The number of benzene rings is 1. The fourth-order valence-corrected chi connectivity index (χ4v) is 1.83. The van der Waals surface area contributed by atoms with Gasteiger partial charge in [-0.1, -0.05) is 0 Å². The van der Waals surface area contributed by atoms with E-state index in [9.17, 15) is 9.18 Å². The summed E-state index contributed by atoms with van der Waals surface area (Å²) in [6, 6.07) is 3.67. The molecule has 1 aromatic carbocycles. The van der Waals surface area contributed by atoms with Crippen LogP contribution in [0.5, 0.6) is 0 Å². The van der Waals surface area contributed by atoms with Crippen molar-refractivity contribution < 1.29 is 13.9 Å². The molecular weight excluding hydrogens is 249 g/mol. The highest BCUT2D eigenvalue weighted by Crippen LogP contribution is 2.27. The van der Waals surface area contributed by atoms with E-state index in [0.29, 0.717) is 22.3 Å². The topological polar surface area (TPSA) is 77.2 Å². The van der Waals surface area contributed by atoms with E-state index in [1.54, 1.807) is 19.2 Å². The molecule has 100 valence electrons. The molecule has 0 saturated carbocycles. The van der Waals surface area contributed by atoms with Crippen molar-refractivity contribution in [2.75, 3.05) is 18.2 Å². The monoisotopic (exact) mass is 263 g/mol. The van der Waals surface area contributed by atoms with Crippen LogP contribution in [0.1, 0.15) is 6.92 Å². The van der Waals surface area contributed by atoms with Crippen molar-refractivity contribution in [3.63, 3.8) is 0 Å². The van der Waals surface area contributed by atoms with Gasteiger partial charge in [-0.15, -0.1) is 0 Å². The van der Waals surface area contributed by atoms with Crippen LogP contribution < -0.4 is 11.1 Å². The molecular formula is C13H14FN3O2. The first-order valence-electron chi connectivity index (χ1n) is 5.71. The predicted octanol–water partition coefficient (Wildman–Crippen LogP) is 1.93. The average molecular weight is 263 g/mol. The molecule has 0 aliphatic rings. The number of nitrogens with two attached hydrogens (primary N) is 1. The van der Waals surface area contributed by atoms with Crippen LogP contribution in [0.15, 0.2) is 24.4 Å². The number of nitrogens with zero attached hydrogens (tertiary/aromatic N) is 1. The van der Waals surface area contributed by atoms with Gasteiger partial charge in [0.1, 0.15) is 17.7 Å². The number of ether oxygens (including phenoxy) is 1. The van der Waals surface area contributed by atoms with Gasteiger partial charge in [-0.05, 0) is 25.1 Å². The van der Waals surface area contributed by atoms with E-state index in [1.165, 1.54) is 19.2 Å². The minimum absolute atomic E-state index is 0.325. The minimum Gasteiger partial charge on any atom is -0.467 e. The van der Waals surface area contributed by atoms with Crippen LogP contribution in [0, 0.1) is 5.82 Å². The fourth-order valence-electron chi connectivity index (χ4n) is 1.83. The smallest absolute Gasteiger partial charge is 0.328 e. The largest absolute Gasteiger partial charge is 0.467 e. The van der Waals surface area contributed by atoms with Crippen molar-refractivity contribution >= 4 is 28.2 Å². The highest BCUT2D eigenvalue weighted by atomic mass is 19.1. The molecule has 0 bridgehead atoms. The van der Waals surface area contributed by atoms with Gasteiger partial charge in [0.25, 0.3) is 0 Å². The Morgan fingerprint density at radius 1 is 1.47 bits per heavy atom. The molecule has 1 unspecified atom stereocenters. The maximum absolute atomic E-state index is 13.4. The molecule has 1 heterocycles. The third kappa shape index (κ3) is 2.57. The number of anilines is 2. The van der Waals surface area contributed by atoms with Gasteiger partial charge in [-0.3, -0.25) is 0 Å². The van der Waals surface area contributed by atoms with E-state index in [4.69, 9.17) is 5.73 Å². The Bertz CT molecular complexity index is 631. The fraction of sp³-hybridized carbons (Fsp3) is 0.231. The zero-order valence-electron chi connectivity index (χ0n) is 10.6. The maximum atomic E-state index is 13.4. The van der Waals surface area contributed by atoms with Crippen molar-refractivity contribution in [1.82, 2.24) is 4.98 Å². The number of nitrogen functional groups attached to an aromatic ring is 1. The van der Waals surface area contributed by atoms with Gasteiger partial charge in [0.05, 0.1) is 7.11 Å². The molecule has 5 nitrogen and oxygen atoms in total. The molecule has 0 aliphatic heterocycles. The van der Waals surface area contributed by atoms with Crippen molar-refractivity contribution in [2.24, 2.45) is 0 Å². The van der Waals surface area contributed by atoms with Crippen LogP contribution in [-0.2, 0) is 9.53 Å². The van der Waals surface area contributed by atoms with Crippen LogP contribution in [0.2, 0.25) is 0 Å². The standard InChI is InChI=1S/C13H14FN3O2/c1-7(13(18)19-2)17-12-10-5-8(14)6-11(15)9(10)3-4-16-12/h3-7H,15H2,1-2H3,(H,16,17). The highest BCUT2D eigenvalue weighted by molar-refractivity contribution is 5.99. The Balaban J connectivity index is 2.46. The molecule has 0 spiro atoms. The molecule has 1 aromatic heterocycles. The molecule has 1 atom stereocenters. The Morgan fingerprint density at radius 2 is 2.21 bits per heavy atom. The van der Waals surface area contributed by atoms with Crippen molar-refractivity contribution in [3.8, 4) is 0 Å². The molecule has 0 radical (unpaired) electrons. The van der Waals surface area contributed by atoms with E-state index in [0.717, 1.165) is 0 Å². The summed E-state index contributed by atoms with van der Waals surface area (Å²) >= 11 is 0. The number of fused-ring (bicyclic) bond motifs is 1. The Labute approximate surface area is 109 Å². The van der Waals surface area contributed by atoms with Crippen molar-refractivity contribution in [2.45, 2.75) is 13.0 Å². The van der Waals surface area contributed by atoms with Crippen LogP contribution in [0.4, 0.5) is 15.9 Å². The number of hydrogen-bond donors (Lipinski definition) is 2. The predicted molar refractivity (Wildman–Crippen MR) is 71.2 cm³/mol. The number of carbonyl (C=O) groups excluding carboxylic acids is 1. The second kappa shape index (κ2) is 5.09. The number of halogens is 1. The summed E-state index contributed by atoms with van der Waals surface area (Å²) in [5.41, 5.74) is 6.08. The first kappa shape index (κ1) is 13.1. The van der Waals surface area contributed by atoms with Gasteiger partial charge in [0.15, 0.2) is 0 Å². The van der Waals surface area contributed by atoms with Gasteiger partial charge in [0, 0.05) is 22.7 Å². The Morgan fingerprint density at radius 3 is 2.89 bits per heavy atom. The Hall–Kier alpha value is -2.37. The van der Waals surface area contributed by atoms with Crippen LogP contribution in [0.3, 0.4) is 0 Å². The lowest BCUT2D eigenvalue weighted by molar-refractivity contribution is -0.141. The Kier molecular flexibility index (Phi) is 3.50. The summed E-state index contributed by atoms with van der Waals surface area (Å²) in [6.45, 7) is 1.63. The van der Waals surface area contributed by atoms with Crippen LogP contribution >= 0.6 is 0 Å². The van der Waals surface area contributed by atoms with E-state index in [-0.39, 0.29) is 0 Å². The second-order valence-corrected chi connectivity index (χ2v) is 4.14. The zero-order valence-corrected chi connectivity index (χ0v) is 10.6. The zero-order chi connectivity index (χ0) is 14.0. The van der Waals surface area contributed by atoms with Gasteiger partial charge >= 0.3 is 5.97 Å². The van der Waals surface area contributed by atoms with Gasteiger partial charge < -0.3 is 15.8 Å². The molecule has 3 N–H and O–H groups in total. The quantitative estimate of drug-likeness (QED) is 0.653. The van der Waals surface area contributed by atoms with E-state index < -0.39 is 17.8 Å². The third-order valence-corrected chi connectivity index (χ3v) is 2.78. The normalized spacial score (nSPS) is 12.2. The molecule has 0 amide bonds. The lowest BCUT2D eigenvalue weighted by Gasteiger charge is -2.14. The second-order valence-electron chi connectivity index (χ2n) is 4.14. The number of hydrogen-bond acceptors (Lipinski definition) is 5. The summed E-state index contributed by atoms with van der Waals surface area (Å²) in [4.78, 5) is 15.5. The first-order chi connectivity index (χ1) is 9.02. The first-order valence-corrected chi connectivity index (χ1v) is 5.71. The van der Waals surface area contributed by atoms with Gasteiger partial charge in [-0.25, -0.2) is 14.2 Å².